The minimum absolute atomic E-state index is 0.00624. The van der Waals surface area contributed by atoms with Crippen molar-refractivity contribution in [3.63, 3.8) is 0 Å². The Labute approximate surface area is 317 Å². The van der Waals surface area contributed by atoms with Crippen molar-refractivity contribution >= 4 is 29.6 Å². The van der Waals surface area contributed by atoms with E-state index < -0.39 is 65.5 Å². The molecule has 0 unspecified atom stereocenters. The molecule has 2 fully saturated rings. The normalized spacial score (nSPS) is 24.8. The molecule has 0 saturated carbocycles. The second kappa shape index (κ2) is 14.5. The van der Waals surface area contributed by atoms with Crippen LogP contribution in [0, 0.1) is 5.92 Å². The van der Waals surface area contributed by atoms with Crippen LogP contribution in [0.4, 0.5) is 10.5 Å². The molecule has 8 rings (SSSR count). The summed E-state index contributed by atoms with van der Waals surface area (Å²) in [6, 6.07) is 36.9. The standard InChI is InChI=1S/C44H39N3O8/c1-27(28-14-5-2-6-15-28)45-43(53)46-34-23-12-11-22-33(34)44(42(46)52)35(40(49)50)37-41(51)55-38(30-18-9-4-10-19-30)36(29-16-7-3-8-17-29)47(37)39(44)31-20-13-21-32(26-31)54-25-24-48/h2-23,26-27,35-39,48H,24-25H2,1H3,(H,45,53)(H,49,50)/t27-,35-,36-,37-,38+,39+,44-/m1/s1. The summed E-state index contributed by atoms with van der Waals surface area (Å²) in [4.78, 5) is 61.6. The molecule has 55 heavy (non-hydrogen) atoms. The van der Waals surface area contributed by atoms with E-state index in [9.17, 15) is 24.6 Å². The van der Waals surface area contributed by atoms with Crippen molar-refractivity contribution in [1.29, 1.82) is 0 Å². The Bertz CT molecular complexity index is 2240. The molecule has 5 aromatic carbocycles. The molecule has 3 heterocycles. The van der Waals surface area contributed by atoms with Crippen LogP contribution < -0.4 is 15.0 Å². The second-order valence-electron chi connectivity index (χ2n) is 14.0. The fraction of sp³-hybridized carbons (Fsp3) is 0.227. The van der Waals surface area contributed by atoms with Crippen molar-refractivity contribution in [3.05, 3.63) is 167 Å². The van der Waals surface area contributed by atoms with Crippen molar-refractivity contribution in [2.45, 2.75) is 42.6 Å². The van der Waals surface area contributed by atoms with E-state index >= 15 is 4.79 Å². The number of amides is 3. The number of urea groups is 1. The first kappa shape index (κ1) is 35.7. The molecule has 0 radical (unpaired) electrons. The van der Waals surface area contributed by atoms with Crippen molar-refractivity contribution in [2.24, 2.45) is 5.92 Å². The Kier molecular flexibility index (Phi) is 9.42. The van der Waals surface area contributed by atoms with Crippen LogP contribution in [0.2, 0.25) is 0 Å². The van der Waals surface area contributed by atoms with Gasteiger partial charge in [-0.2, -0.15) is 0 Å². The smallest absolute Gasteiger partial charge is 0.329 e. The van der Waals surface area contributed by atoms with Crippen molar-refractivity contribution < 1.29 is 38.9 Å². The van der Waals surface area contributed by atoms with E-state index in [2.05, 4.69) is 5.32 Å². The lowest BCUT2D eigenvalue weighted by Crippen LogP contribution is -2.54. The largest absolute Gasteiger partial charge is 0.491 e. The van der Waals surface area contributed by atoms with Gasteiger partial charge >= 0.3 is 18.0 Å². The predicted octanol–water partition coefficient (Wildman–Crippen LogP) is 6.28. The number of rotatable bonds is 9. The van der Waals surface area contributed by atoms with E-state index in [0.717, 1.165) is 16.0 Å². The maximum Gasteiger partial charge on any atom is 0.329 e. The van der Waals surface area contributed by atoms with Gasteiger partial charge in [0.15, 0.2) is 0 Å². The van der Waals surface area contributed by atoms with Crippen LogP contribution in [0.5, 0.6) is 5.75 Å². The van der Waals surface area contributed by atoms with Crippen LogP contribution in [0.1, 0.15) is 59.0 Å². The van der Waals surface area contributed by atoms with Crippen molar-refractivity contribution in [3.8, 4) is 5.75 Å². The summed E-state index contributed by atoms with van der Waals surface area (Å²) in [6.45, 7) is 1.55. The first-order valence-electron chi connectivity index (χ1n) is 18.2. The van der Waals surface area contributed by atoms with Gasteiger partial charge in [-0.15, -0.1) is 0 Å². The predicted molar refractivity (Wildman–Crippen MR) is 202 cm³/mol. The number of carbonyl (C=O) groups excluding carboxylic acids is 3. The number of aliphatic hydroxyl groups excluding tert-OH is 1. The van der Waals surface area contributed by atoms with Gasteiger partial charge in [0.1, 0.15) is 35.8 Å². The first-order chi connectivity index (χ1) is 26.8. The lowest BCUT2D eigenvalue weighted by atomic mass is 9.65. The number of ether oxygens (including phenoxy) is 2. The summed E-state index contributed by atoms with van der Waals surface area (Å²) in [6.07, 6.45) is -0.897. The molecule has 5 aromatic rings. The van der Waals surface area contributed by atoms with Crippen LogP contribution in [0.3, 0.4) is 0 Å². The highest BCUT2D eigenvalue weighted by atomic mass is 16.6. The van der Waals surface area contributed by atoms with E-state index in [4.69, 9.17) is 9.47 Å². The second-order valence-corrected chi connectivity index (χ2v) is 14.0. The van der Waals surface area contributed by atoms with E-state index in [-0.39, 0.29) is 18.9 Å². The molecule has 0 aromatic heterocycles. The number of aliphatic hydroxyl groups is 1. The van der Waals surface area contributed by atoms with Gasteiger partial charge < -0.3 is 25.0 Å². The molecule has 0 aliphatic carbocycles. The Hall–Kier alpha value is -6.30. The number of fused-ring (bicyclic) bond motifs is 3. The molecule has 3 aliphatic heterocycles. The molecule has 3 N–H and O–H groups in total. The Morgan fingerprint density at radius 1 is 0.800 bits per heavy atom. The van der Waals surface area contributed by atoms with E-state index in [1.165, 1.54) is 0 Å². The summed E-state index contributed by atoms with van der Waals surface area (Å²) in [7, 11) is 0. The van der Waals surface area contributed by atoms with Gasteiger partial charge in [0.05, 0.1) is 30.4 Å². The molecule has 2 saturated heterocycles. The number of morpholine rings is 1. The van der Waals surface area contributed by atoms with Crippen LogP contribution >= 0.6 is 0 Å². The number of nitrogens with one attached hydrogen (secondary N) is 1. The maximum absolute atomic E-state index is 15.7. The summed E-state index contributed by atoms with van der Waals surface area (Å²) in [5, 5.41) is 23.9. The molecular formula is C44H39N3O8. The van der Waals surface area contributed by atoms with Gasteiger partial charge in [0, 0.05) is 0 Å². The van der Waals surface area contributed by atoms with Gasteiger partial charge in [0.25, 0.3) is 0 Å². The van der Waals surface area contributed by atoms with Crippen LogP contribution in [-0.4, -0.2) is 58.2 Å². The third-order valence-corrected chi connectivity index (χ3v) is 11.0. The number of carboxylic acid groups (broad SMARTS) is 1. The number of nitrogens with zero attached hydrogens (tertiary/aromatic N) is 2. The van der Waals surface area contributed by atoms with Crippen LogP contribution in [0.25, 0.3) is 0 Å². The van der Waals surface area contributed by atoms with E-state index in [1.807, 2.05) is 95.9 Å². The molecule has 0 bridgehead atoms. The molecular weight excluding hydrogens is 698 g/mol. The molecule has 11 nitrogen and oxygen atoms in total. The number of aliphatic carboxylic acids is 1. The first-order valence-corrected chi connectivity index (χ1v) is 18.2. The Balaban J connectivity index is 1.38. The topological polar surface area (TPSA) is 146 Å². The molecule has 11 heteroatoms. The molecule has 278 valence electrons. The zero-order chi connectivity index (χ0) is 38.3. The minimum atomic E-state index is -2.02. The number of hydrogen-bond donors (Lipinski definition) is 3. The summed E-state index contributed by atoms with van der Waals surface area (Å²) in [5.74, 6) is -4.30. The number of para-hydroxylation sites is 1. The third kappa shape index (κ3) is 5.83. The van der Waals surface area contributed by atoms with Crippen LogP contribution in [0.15, 0.2) is 140 Å². The van der Waals surface area contributed by atoms with E-state index in [1.54, 1.807) is 55.5 Å². The Morgan fingerprint density at radius 3 is 2.09 bits per heavy atom. The van der Waals surface area contributed by atoms with Gasteiger partial charge in [-0.05, 0) is 52.9 Å². The van der Waals surface area contributed by atoms with Crippen LogP contribution in [-0.2, 0) is 24.5 Å². The number of carboxylic acids is 1. The Morgan fingerprint density at radius 2 is 1.42 bits per heavy atom. The zero-order valence-corrected chi connectivity index (χ0v) is 29.9. The average molecular weight is 738 g/mol. The highest BCUT2D eigenvalue weighted by molar-refractivity contribution is 6.24. The lowest BCUT2D eigenvalue weighted by Gasteiger charge is -2.46. The molecule has 7 atom stereocenters. The van der Waals surface area contributed by atoms with Crippen molar-refractivity contribution in [2.75, 3.05) is 18.1 Å². The fourth-order valence-electron chi connectivity index (χ4n) is 8.86. The summed E-state index contributed by atoms with van der Waals surface area (Å²) >= 11 is 0. The number of imide groups is 1. The minimum Gasteiger partial charge on any atom is -0.491 e. The number of esters is 1. The summed E-state index contributed by atoms with van der Waals surface area (Å²) < 4.78 is 12.1. The molecule has 1 spiro atoms. The van der Waals surface area contributed by atoms with Gasteiger partial charge in [0.2, 0.25) is 5.91 Å². The fourth-order valence-corrected chi connectivity index (χ4v) is 8.86. The average Bonchev–Trinajstić information content (AvgIpc) is 3.68. The quantitative estimate of drug-likeness (QED) is 0.149. The summed E-state index contributed by atoms with van der Waals surface area (Å²) in [5.41, 5.74) is 1.21. The number of anilines is 1. The molecule has 3 amide bonds. The highest BCUT2D eigenvalue weighted by Crippen LogP contribution is 2.65. The molecule has 3 aliphatic rings. The number of carbonyl (C=O) groups is 4. The number of benzene rings is 5. The lowest BCUT2D eigenvalue weighted by molar-refractivity contribution is -0.179. The third-order valence-electron chi connectivity index (χ3n) is 11.0. The maximum atomic E-state index is 15.7. The van der Waals surface area contributed by atoms with Crippen molar-refractivity contribution in [1.82, 2.24) is 10.2 Å². The number of hydrogen-bond acceptors (Lipinski definition) is 8. The van der Waals surface area contributed by atoms with E-state index in [0.29, 0.717) is 22.4 Å². The zero-order valence-electron chi connectivity index (χ0n) is 29.9. The number of cyclic esters (lactones) is 1. The van der Waals surface area contributed by atoms with Gasteiger partial charge in [-0.3, -0.25) is 19.3 Å². The van der Waals surface area contributed by atoms with Gasteiger partial charge in [-0.1, -0.05) is 121 Å². The highest BCUT2D eigenvalue weighted by Gasteiger charge is 2.75. The monoisotopic (exact) mass is 737 g/mol. The SMILES string of the molecule is C[C@@H](NC(=O)N1C(=O)[C@@]2(c3ccccc31)[C@H](c1cccc(OCCO)c1)N1[C@H](c3ccccc3)[C@H](c3ccccc3)OC(=O)[C@H]1[C@@H]2C(=O)O)c1ccccc1. The van der Waals surface area contributed by atoms with Gasteiger partial charge in [-0.25, -0.2) is 9.69 Å².